The van der Waals surface area contributed by atoms with E-state index >= 15 is 0 Å². The summed E-state index contributed by atoms with van der Waals surface area (Å²) < 4.78 is 35.8. The lowest BCUT2D eigenvalue weighted by Gasteiger charge is -2.11. The van der Waals surface area contributed by atoms with E-state index in [4.69, 9.17) is 5.21 Å². The molecule has 0 amide bonds. The number of rotatable bonds is 4. The zero-order valence-corrected chi connectivity index (χ0v) is 6.10. The summed E-state index contributed by atoms with van der Waals surface area (Å²) in [4.78, 5) is 0. The number of halogens is 3. The van der Waals surface area contributed by atoms with Crippen LogP contribution >= 0.6 is 0 Å². The number of nitrogens with zero attached hydrogens (tertiary/aromatic N) is 1. The van der Waals surface area contributed by atoms with Gasteiger partial charge in [0.05, 0.1) is 11.6 Å². The molecule has 0 saturated heterocycles. The van der Waals surface area contributed by atoms with E-state index < -0.39 is 24.7 Å². The van der Waals surface area contributed by atoms with Gasteiger partial charge in [0.1, 0.15) is 6.67 Å². The summed E-state index contributed by atoms with van der Waals surface area (Å²) >= 11 is 0. The minimum Gasteiger partial charge on any atom is -0.411 e. The van der Waals surface area contributed by atoms with E-state index in [1.165, 1.54) is 6.92 Å². The van der Waals surface area contributed by atoms with Gasteiger partial charge in [-0.2, -0.15) is 0 Å². The lowest BCUT2D eigenvalue weighted by molar-refractivity contribution is 0.103. The van der Waals surface area contributed by atoms with Crippen LogP contribution in [-0.4, -0.2) is 24.0 Å². The third-order valence-electron chi connectivity index (χ3n) is 1.44. The van der Waals surface area contributed by atoms with Crippen molar-refractivity contribution in [1.82, 2.24) is 0 Å². The largest absolute Gasteiger partial charge is 0.411 e. The van der Waals surface area contributed by atoms with Gasteiger partial charge in [-0.1, -0.05) is 12.1 Å². The molecule has 0 rings (SSSR count). The van der Waals surface area contributed by atoms with Gasteiger partial charge in [0.15, 0.2) is 0 Å². The Morgan fingerprint density at radius 1 is 1.55 bits per heavy atom. The summed E-state index contributed by atoms with van der Waals surface area (Å²) in [5, 5.41) is 10.6. The van der Waals surface area contributed by atoms with Crippen molar-refractivity contribution in [3.05, 3.63) is 0 Å². The fraction of sp³-hybridized carbons (Fsp3) is 0.833. The molecule has 0 aliphatic carbocycles. The van der Waals surface area contributed by atoms with Gasteiger partial charge in [-0.15, -0.1) is 0 Å². The van der Waals surface area contributed by atoms with E-state index in [0.717, 1.165) is 0 Å². The van der Waals surface area contributed by atoms with Crippen LogP contribution in [-0.2, 0) is 0 Å². The van der Waals surface area contributed by atoms with E-state index in [0.29, 0.717) is 0 Å². The first-order chi connectivity index (χ1) is 5.17. The van der Waals surface area contributed by atoms with Crippen LogP contribution < -0.4 is 0 Å². The van der Waals surface area contributed by atoms with Crippen LogP contribution in [0.3, 0.4) is 0 Å². The maximum atomic E-state index is 12.0. The lowest BCUT2D eigenvalue weighted by atomic mass is 10.0. The van der Waals surface area contributed by atoms with Crippen molar-refractivity contribution < 1.29 is 18.4 Å². The molecule has 0 aliphatic rings. The molecule has 0 spiro atoms. The molecule has 0 radical (unpaired) electrons. The Morgan fingerprint density at radius 2 is 2.09 bits per heavy atom. The topological polar surface area (TPSA) is 32.6 Å². The van der Waals surface area contributed by atoms with Gasteiger partial charge >= 0.3 is 0 Å². The summed E-state index contributed by atoms with van der Waals surface area (Å²) in [6.07, 6.45) is -2.59. The Labute approximate surface area is 62.7 Å². The second kappa shape index (κ2) is 4.98. The molecule has 0 aromatic heterocycles. The zero-order chi connectivity index (χ0) is 8.85. The highest BCUT2D eigenvalue weighted by Crippen LogP contribution is 2.15. The summed E-state index contributed by atoms with van der Waals surface area (Å²) in [5.74, 6) is -1.26. The Bertz CT molecular complexity index is 138. The van der Waals surface area contributed by atoms with E-state index in [2.05, 4.69) is 5.16 Å². The lowest BCUT2D eigenvalue weighted by Crippen LogP contribution is -2.23. The highest BCUT2D eigenvalue weighted by Gasteiger charge is 2.24. The molecule has 0 aromatic carbocycles. The number of alkyl halides is 3. The predicted molar refractivity (Wildman–Crippen MR) is 35.0 cm³/mol. The van der Waals surface area contributed by atoms with Crippen molar-refractivity contribution >= 4 is 5.71 Å². The number of hydrogen-bond donors (Lipinski definition) is 1. The first-order valence-corrected chi connectivity index (χ1v) is 3.22. The SMILES string of the molecule is CCC(C(CF)=NO)C(F)F. The van der Waals surface area contributed by atoms with Gasteiger partial charge < -0.3 is 5.21 Å². The molecule has 0 aromatic rings. The van der Waals surface area contributed by atoms with Crippen molar-refractivity contribution in [3.8, 4) is 0 Å². The molecule has 0 aliphatic heterocycles. The van der Waals surface area contributed by atoms with E-state index in [-0.39, 0.29) is 6.42 Å². The van der Waals surface area contributed by atoms with Crippen LogP contribution in [0.25, 0.3) is 0 Å². The Hall–Kier alpha value is -0.740. The van der Waals surface area contributed by atoms with Crippen molar-refractivity contribution in [2.24, 2.45) is 11.1 Å². The van der Waals surface area contributed by atoms with E-state index in [9.17, 15) is 13.2 Å². The highest BCUT2D eigenvalue weighted by molar-refractivity contribution is 5.87. The Morgan fingerprint density at radius 3 is 2.18 bits per heavy atom. The van der Waals surface area contributed by atoms with E-state index in [1.54, 1.807) is 0 Å². The molecule has 0 fully saturated rings. The normalized spacial score (nSPS) is 15.5. The van der Waals surface area contributed by atoms with Crippen molar-refractivity contribution in [2.45, 2.75) is 19.8 Å². The molecule has 0 bridgehead atoms. The first-order valence-electron chi connectivity index (χ1n) is 3.22. The van der Waals surface area contributed by atoms with Crippen molar-refractivity contribution in [1.29, 1.82) is 0 Å². The van der Waals surface area contributed by atoms with Crippen LogP contribution in [0.2, 0.25) is 0 Å². The Balaban J connectivity index is 4.22. The summed E-state index contributed by atoms with van der Waals surface area (Å²) in [5.41, 5.74) is -0.484. The fourth-order valence-electron chi connectivity index (χ4n) is 0.759. The average Bonchev–Trinajstić information content (AvgIpc) is 1.99. The van der Waals surface area contributed by atoms with Gasteiger partial charge in [-0.25, -0.2) is 13.2 Å². The van der Waals surface area contributed by atoms with Crippen LogP contribution in [0.4, 0.5) is 13.2 Å². The maximum Gasteiger partial charge on any atom is 0.246 e. The van der Waals surface area contributed by atoms with Gasteiger partial charge in [0.25, 0.3) is 0 Å². The number of hydrogen-bond acceptors (Lipinski definition) is 2. The third kappa shape index (κ3) is 2.78. The zero-order valence-electron chi connectivity index (χ0n) is 6.10. The van der Waals surface area contributed by atoms with Crippen molar-refractivity contribution in [3.63, 3.8) is 0 Å². The predicted octanol–water partition coefficient (Wildman–Crippen LogP) is 2.08. The molecule has 2 nitrogen and oxygen atoms in total. The molecule has 1 N–H and O–H groups in total. The molecule has 1 unspecified atom stereocenters. The Kier molecular flexibility index (Phi) is 4.65. The third-order valence-corrected chi connectivity index (χ3v) is 1.44. The maximum absolute atomic E-state index is 12.0. The fourth-order valence-corrected chi connectivity index (χ4v) is 0.759. The second-order valence-electron chi connectivity index (χ2n) is 2.07. The standard InChI is InChI=1S/C6H10F3NO/c1-2-4(6(8)9)5(3-7)10-11/h4,6,11H,2-3H2,1H3. The molecule has 5 heteroatoms. The van der Waals surface area contributed by atoms with Gasteiger partial charge in [-0.3, -0.25) is 0 Å². The molecular weight excluding hydrogens is 159 g/mol. The van der Waals surface area contributed by atoms with Gasteiger partial charge in [-0.05, 0) is 6.42 Å². The molecule has 1 atom stereocenters. The van der Waals surface area contributed by atoms with Gasteiger partial charge in [0.2, 0.25) is 6.43 Å². The molecule has 0 heterocycles. The van der Waals surface area contributed by atoms with E-state index in [1.807, 2.05) is 0 Å². The minimum absolute atomic E-state index is 0.0704. The molecule has 66 valence electrons. The molecular formula is C6H10F3NO. The highest BCUT2D eigenvalue weighted by atomic mass is 19.3. The minimum atomic E-state index is -2.67. The average molecular weight is 169 g/mol. The van der Waals surface area contributed by atoms with Crippen LogP contribution in [0.1, 0.15) is 13.3 Å². The number of oxime groups is 1. The summed E-state index contributed by atoms with van der Waals surface area (Å²) in [6, 6.07) is 0. The van der Waals surface area contributed by atoms with Crippen molar-refractivity contribution in [2.75, 3.05) is 6.67 Å². The second-order valence-corrected chi connectivity index (χ2v) is 2.07. The summed E-state index contributed by atoms with van der Waals surface area (Å²) in [6.45, 7) is 0.358. The smallest absolute Gasteiger partial charge is 0.246 e. The molecule has 11 heavy (non-hydrogen) atoms. The molecule has 0 saturated carbocycles. The van der Waals surface area contributed by atoms with Crippen LogP contribution in [0.5, 0.6) is 0 Å². The first kappa shape index (κ1) is 10.3. The van der Waals surface area contributed by atoms with Crippen LogP contribution in [0, 0.1) is 5.92 Å². The van der Waals surface area contributed by atoms with Gasteiger partial charge in [0, 0.05) is 0 Å². The monoisotopic (exact) mass is 169 g/mol. The quantitative estimate of drug-likeness (QED) is 0.390. The van der Waals surface area contributed by atoms with Crippen LogP contribution in [0.15, 0.2) is 5.16 Å². The summed E-state index contributed by atoms with van der Waals surface area (Å²) in [7, 11) is 0.